The molecule has 1 fully saturated rings. The first-order valence-corrected chi connectivity index (χ1v) is 6.32. The highest BCUT2D eigenvalue weighted by molar-refractivity contribution is 5.36. The molecule has 0 spiro atoms. The van der Waals surface area contributed by atoms with Crippen molar-refractivity contribution in [3.05, 3.63) is 53.5 Å². The van der Waals surface area contributed by atoms with E-state index in [9.17, 15) is 13.2 Å². The zero-order valence-corrected chi connectivity index (χ0v) is 10.5. The second-order valence-electron chi connectivity index (χ2n) is 4.92. The summed E-state index contributed by atoms with van der Waals surface area (Å²) in [7, 11) is 0. The SMILES string of the molecule is Fc1ccc(C2CC(Nc3ccc(F)nn3)C2)c(F)c1. The maximum Gasteiger partial charge on any atom is 0.233 e. The molecule has 0 unspecified atom stereocenters. The maximum atomic E-state index is 13.6. The summed E-state index contributed by atoms with van der Waals surface area (Å²) in [6.07, 6.45) is 1.45. The van der Waals surface area contributed by atoms with Crippen LogP contribution in [0.5, 0.6) is 0 Å². The van der Waals surface area contributed by atoms with Crippen LogP contribution < -0.4 is 5.32 Å². The van der Waals surface area contributed by atoms with Gasteiger partial charge in [-0.05, 0) is 42.5 Å². The molecular formula is C14H12F3N3. The summed E-state index contributed by atoms with van der Waals surface area (Å²) in [5, 5.41) is 10.1. The zero-order chi connectivity index (χ0) is 14.1. The van der Waals surface area contributed by atoms with Crippen molar-refractivity contribution in [2.45, 2.75) is 24.8 Å². The minimum atomic E-state index is -0.629. The fraction of sp³-hybridized carbons (Fsp3) is 0.286. The minimum absolute atomic E-state index is 0.0708. The van der Waals surface area contributed by atoms with E-state index in [-0.39, 0.29) is 12.0 Å². The lowest BCUT2D eigenvalue weighted by Crippen LogP contribution is -2.34. The van der Waals surface area contributed by atoms with Crippen molar-refractivity contribution in [3.63, 3.8) is 0 Å². The number of hydrogen-bond acceptors (Lipinski definition) is 3. The number of aromatic nitrogens is 2. The molecule has 3 rings (SSSR count). The summed E-state index contributed by atoms with van der Waals surface area (Å²) in [5.74, 6) is -1.14. The third-order valence-corrected chi connectivity index (χ3v) is 3.52. The van der Waals surface area contributed by atoms with Gasteiger partial charge in [0.05, 0.1) is 0 Å². The Labute approximate surface area is 113 Å². The van der Waals surface area contributed by atoms with Crippen molar-refractivity contribution in [2.24, 2.45) is 0 Å². The number of hydrogen-bond donors (Lipinski definition) is 1. The normalized spacial score (nSPS) is 21.4. The van der Waals surface area contributed by atoms with Crippen LogP contribution in [-0.4, -0.2) is 16.2 Å². The molecular weight excluding hydrogens is 267 g/mol. The molecule has 1 heterocycles. The van der Waals surface area contributed by atoms with E-state index >= 15 is 0 Å². The molecule has 1 aliphatic carbocycles. The summed E-state index contributed by atoms with van der Waals surface area (Å²) in [5.41, 5.74) is 0.537. The van der Waals surface area contributed by atoms with E-state index in [0.29, 0.717) is 11.4 Å². The van der Waals surface area contributed by atoms with Gasteiger partial charge in [0.25, 0.3) is 0 Å². The highest BCUT2D eigenvalue weighted by Crippen LogP contribution is 2.39. The van der Waals surface area contributed by atoms with Crippen molar-refractivity contribution < 1.29 is 13.2 Å². The van der Waals surface area contributed by atoms with Crippen molar-refractivity contribution in [2.75, 3.05) is 5.32 Å². The van der Waals surface area contributed by atoms with Crippen molar-refractivity contribution in [3.8, 4) is 0 Å². The summed E-state index contributed by atoms with van der Waals surface area (Å²) in [6.45, 7) is 0. The van der Waals surface area contributed by atoms with Gasteiger partial charge in [0.2, 0.25) is 5.95 Å². The number of anilines is 1. The largest absolute Gasteiger partial charge is 0.366 e. The third kappa shape index (κ3) is 2.59. The Bertz CT molecular complexity index is 610. The Kier molecular flexibility index (Phi) is 3.30. The van der Waals surface area contributed by atoms with E-state index < -0.39 is 17.6 Å². The fourth-order valence-corrected chi connectivity index (χ4v) is 2.42. The number of nitrogens with zero attached hydrogens (tertiary/aromatic N) is 2. The Morgan fingerprint density at radius 3 is 2.45 bits per heavy atom. The molecule has 1 aromatic carbocycles. The van der Waals surface area contributed by atoms with Crippen LogP contribution in [0.3, 0.4) is 0 Å². The van der Waals surface area contributed by atoms with Crippen LogP contribution in [0.15, 0.2) is 30.3 Å². The van der Waals surface area contributed by atoms with Gasteiger partial charge in [0.15, 0.2) is 0 Å². The van der Waals surface area contributed by atoms with Crippen LogP contribution in [0.2, 0.25) is 0 Å². The number of rotatable bonds is 3. The van der Waals surface area contributed by atoms with Crippen LogP contribution in [0.25, 0.3) is 0 Å². The lowest BCUT2D eigenvalue weighted by molar-refractivity contribution is 0.361. The molecule has 0 atom stereocenters. The lowest BCUT2D eigenvalue weighted by Gasteiger charge is -2.36. The highest BCUT2D eigenvalue weighted by Gasteiger charge is 2.32. The fourth-order valence-electron chi connectivity index (χ4n) is 2.42. The average Bonchev–Trinajstić information content (AvgIpc) is 2.37. The maximum absolute atomic E-state index is 13.6. The molecule has 0 aliphatic heterocycles. The zero-order valence-electron chi connectivity index (χ0n) is 10.5. The number of halogens is 3. The summed E-state index contributed by atoms with van der Waals surface area (Å²) < 4.78 is 39.0. The standard InChI is InChI=1S/C14H12F3N3/c15-9-1-2-11(12(16)7-9)8-5-10(6-8)18-14-4-3-13(17)19-20-14/h1-4,7-8,10H,5-6H2,(H,18,20). The van der Waals surface area contributed by atoms with Crippen LogP contribution in [0.1, 0.15) is 24.3 Å². The molecule has 6 heteroatoms. The van der Waals surface area contributed by atoms with Crippen LogP contribution in [0.4, 0.5) is 19.0 Å². The van der Waals surface area contributed by atoms with Crippen LogP contribution in [-0.2, 0) is 0 Å². The first kappa shape index (κ1) is 12.9. The Balaban J connectivity index is 1.59. The molecule has 0 radical (unpaired) electrons. The molecule has 3 nitrogen and oxygen atoms in total. The van der Waals surface area contributed by atoms with Crippen molar-refractivity contribution in [1.29, 1.82) is 0 Å². The van der Waals surface area contributed by atoms with Gasteiger partial charge in [-0.1, -0.05) is 6.07 Å². The molecule has 0 saturated heterocycles. The highest BCUT2D eigenvalue weighted by atomic mass is 19.1. The monoisotopic (exact) mass is 279 g/mol. The second kappa shape index (κ2) is 5.11. The second-order valence-corrected chi connectivity index (χ2v) is 4.92. The Hall–Kier alpha value is -2.11. The van der Waals surface area contributed by atoms with Gasteiger partial charge in [-0.2, -0.15) is 4.39 Å². The smallest absolute Gasteiger partial charge is 0.233 e. The predicted molar refractivity (Wildman–Crippen MR) is 67.7 cm³/mol. The quantitative estimate of drug-likeness (QED) is 0.937. The minimum Gasteiger partial charge on any atom is -0.366 e. The molecule has 0 bridgehead atoms. The van der Waals surface area contributed by atoms with Gasteiger partial charge in [-0.25, -0.2) is 8.78 Å². The Morgan fingerprint density at radius 2 is 1.80 bits per heavy atom. The number of benzene rings is 1. The predicted octanol–water partition coefficient (Wildman–Crippen LogP) is 3.25. The molecule has 1 N–H and O–H groups in total. The first-order valence-electron chi connectivity index (χ1n) is 6.32. The third-order valence-electron chi connectivity index (χ3n) is 3.52. The van der Waals surface area contributed by atoms with E-state index in [1.165, 1.54) is 24.3 Å². The number of nitrogens with one attached hydrogen (secondary N) is 1. The van der Waals surface area contributed by atoms with Gasteiger partial charge >= 0.3 is 0 Å². The first-order chi connectivity index (χ1) is 9.61. The van der Waals surface area contributed by atoms with Crippen LogP contribution >= 0.6 is 0 Å². The van der Waals surface area contributed by atoms with E-state index in [4.69, 9.17) is 0 Å². The van der Waals surface area contributed by atoms with Gasteiger partial charge in [-0.15, -0.1) is 10.2 Å². The molecule has 1 aliphatic rings. The summed E-state index contributed by atoms with van der Waals surface area (Å²) >= 11 is 0. The van der Waals surface area contributed by atoms with E-state index in [2.05, 4.69) is 15.5 Å². The average molecular weight is 279 g/mol. The lowest BCUT2D eigenvalue weighted by atomic mass is 9.75. The molecule has 20 heavy (non-hydrogen) atoms. The summed E-state index contributed by atoms with van der Waals surface area (Å²) in [4.78, 5) is 0. The molecule has 2 aromatic rings. The van der Waals surface area contributed by atoms with E-state index in [0.717, 1.165) is 18.9 Å². The van der Waals surface area contributed by atoms with Crippen molar-refractivity contribution >= 4 is 5.82 Å². The molecule has 0 amide bonds. The van der Waals surface area contributed by atoms with Crippen molar-refractivity contribution in [1.82, 2.24) is 10.2 Å². The van der Waals surface area contributed by atoms with Gasteiger partial charge in [0, 0.05) is 12.1 Å². The Morgan fingerprint density at radius 1 is 1.00 bits per heavy atom. The van der Waals surface area contributed by atoms with E-state index in [1.807, 2.05) is 0 Å². The molecule has 1 aromatic heterocycles. The topological polar surface area (TPSA) is 37.8 Å². The summed E-state index contributed by atoms with van der Waals surface area (Å²) in [6, 6.07) is 6.54. The van der Waals surface area contributed by atoms with Gasteiger partial charge < -0.3 is 5.32 Å². The van der Waals surface area contributed by atoms with Crippen LogP contribution in [0, 0.1) is 17.6 Å². The molecule has 1 saturated carbocycles. The molecule has 104 valence electrons. The van der Waals surface area contributed by atoms with Gasteiger partial charge in [-0.3, -0.25) is 0 Å². The van der Waals surface area contributed by atoms with Gasteiger partial charge in [0.1, 0.15) is 17.5 Å². The van der Waals surface area contributed by atoms with E-state index in [1.54, 1.807) is 0 Å².